The van der Waals surface area contributed by atoms with Crippen LogP contribution in [0, 0.1) is 0 Å². The van der Waals surface area contributed by atoms with Crippen LogP contribution in [0.2, 0.25) is 0 Å². The molecule has 3 heteroatoms. The van der Waals surface area contributed by atoms with Gasteiger partial charge in [-0.15, -0.1) is 0 Å². The SMILES string of the molecule is O=C(NC1CCC1)OC1CCCCCCCC1. The average molecular weight is 239 g/mol. The first-order valence-corrected chi connectivity index (χ1v) is 7.32. The van der Waals surface area contributed by atoms with Gasteiger partial charge < -0.3 is 10.1 Å². The summed E-state index contributed by atoms with van der Waals surface area (Å²) in [5.41, 5.74) is 0. The Labute approximate surface area is 104 Å². The number of amides is 1. The molecule has 0 aliphatic heterocycles. The van der Waals surface area contributed by atoms with Crippen molar-refractivity contribution in [3.8, 4) is 0 Å². The second-order valence-electron chi connectivity index (χ2n) is 5.50. The van der Waals surface area contributed by atoms with Gasteiger partial charge in [0.25, 0.3) is 0 Å². The van der Waals surface area contributed by atoms with Crippen molar-refractivity contribution in [1.82, 2.24) is 5.32 Å². The van der Waals surface area contributed by atoms with E-state index in [1.54, 1.807) is 0 Å². The molecule has 2 aliphatic carbocycles. The average Bonchev–Trinajstić information content (AvgIpc) is 2.38. The summed E-state index contributed by atoms with van der Waals surface area (Å²) in [5, 5.41) is 2.95. The van der Waals surface area contributed by atoms with Crippen LogP contribution in [0.25, 0.3) is 0 Å². The highest BCUT2D eigenvalue weighted by Crippen LogP contribution is 2.21. The number of rotatable bonds is 2. The molecule has 2 saturated carbocycles. The van der Waals surface area contributed by atoms with Gasteiger partial charge in [0, 0.05) is 6.04 Å². The smallest absolute Gasteiger partial charge is 0.407 e. The normalized spacial score (nSPS) is 24.0. The van der Waals surface area contributed by atoms with E-state index in [0.717, 1.165) is 25.7 Å². The highest BCUT2D eigenvalue weighted by atomic mass is 16.6. The van der Waals surface area contributed by atoms with E-state index in [4.69, 9.17) is 4.74 Å². The lowest BCUT2D eigenvalue weighted by molar-refractivity contribution is 0.0795. The summed E-state index contributed by atoms with van der Waals surface area (Å²) in [4.78, 5) is 11.7. The van der Waals surface area contributed by atoms with Crippen LogP contribution < -0.4 is 5.32 Å². The van der Waals surface area contributed by atoms with Crippen LogP contribution >= 0.6 is 0 Å². The van der Waals surface area contributed by atoms with Gasteiger partial charge in [-0.1, -0.05) is 25.7 Å². The third-order valence-electron chi connectivity index (χ3n) is 4.00. The first kappa shape index (κ1) is 12.7. The maximum atomic E-state index is 11.7. The van der Waals surface area contributed by atoms with Crippen LogP contribution in [0.5, 0.6) is 0 Å². The summed E-state index contributed by atoms with van der Waals surface area (Å²) < 4.78 is 5.54. The molecule has 0 saturated heterocycles. The minimum absolute atomic E-state index is 0.160. The Bertz CT molecular complexity index is 228. The predicted octanol–water partition coefficient (Wildman–Crippen LogP) is 3.77. The molecule has 0 atom stereocenters. The Kier molecular flexibility index (Phi) is 5.14. The lowest BCUT2D eigenvalue weighted by Gasteiger charge is -2.27. The highest BCUT2D eigenvalue weighted by Gasteiger charge is 2.22. The van der Waals surface area contributed by atoms with Crippen LogP contribution in [0.4, 0.5) is 4.79 Å². The number of carbonyl (C=O) groups excluding carboxylic acids is 1. The van der Waals surface area contributed by atoms with Crippen molar-refractivity contribution < 1.29 is 9.53 Å². The van der Waals surface area contributed by atoms with Gasteiger partial charge in [-0.3, -0.25) is 0 Å². The third-order valence-corrected chi connectivity index (χ3v) is 4.00. The molecule has 1 N–H and O–H groups in total. The molecule has 2 fully saturated rings. The summed E-state index contributed by atoms with van der Waals surface area (Å²) >= 11 is 0. The van der Waals surface area contributed by atoms with Gasteiger partial charge >= 0.3 is 6.09 Å². The molecule has 2 rings (SSSR count). The molecule has 98 valence electrons. The first-order chi connectivity index (χ1) is 8.34. The standard InChI is InChI=1S/C14H25NO2/c16-14(15-12-8-7-9-12)17-13-10-5-3-1-2-4-6-11-13/h12-13H,1-11H2,(H,15,16). The molecule has 0 radical (unpaired) electrons. The van der Waals surface area contributed by atoms with Gasteiger partial charge in [0.2, 0.25) is 0 Å². The molecule has 0 unspecified atom stereocenters. The number of alkyl carbamates (subject to hydrolysis) is 1. The molecule has 0 spiro atoms. The van der Waals surface area contributed by atoms with Gasteiger partial charge in [-0.2, -0.15) is 0 Å². The number of hydrogen-bond donors (Lipinski definition) is 1. The van der Waals surface area contributed by atoms with Crippen molar-refractivity contribution in [3.05, 3.63) is 0 Å². The Morgan fingerprint density at radius 2 is 1.41 bits per heavy atom. The van der Waals surface area contributed by atoms with E-state index in [2.05, 4.69) is 5.32 Å². The number of nitrogens with one attached hydrogen (secondary N) is 1. The molecule has 0 aromatic rings. The maximum Gasteiger partial charge on any atom is 0.407 e. The minimum Gasteiger partial charge on any atom is -0.446 e. The quantitative estimate of drug-likeness (QED) is 0.796. The molecule has 0 heterocycles. The van der Waals surface area contributed by atoms with Gasteiger partial charge in [-0.25, -0.2) is 4.79 Å². The molecule has 2 aliphatic rings. The van der Waals surface area contributed by atoms with E-state index in [0.29, 0.717) is 6.04 Å². The minimum atomic E-state index is -0.182. The number of hydrogen-bond acceptors (Lipinski definition) is 2. The van der Waals surface area contributed by atoms with Crippen LogP contribution in [0.15, 0.2) is 0 Å². The van der Waals surface area contributed by atoms with Crippen molar-refractivity contribution >= 4 is 6.09 Å². The van der Waals surface area contributed by atoms with E-state index in [1.807, 2.05) is 0 Å². The summed E-state index contributed by atoms with van der Waals surface area (Å²) in [6.07, 6.45) is 13.3. The molecule has 17 heavy (non-hydrogen) atoms. The van der Waals surface area contributed by atoms with Gasteiger partial charge in [0.05, 0.1) is 0 Å². The zero-order chi connectivity index (χ0) is 11.9. The molecule has 0 bridgehead atoms. The molecule has 0 aromatic heterocycles. The Morgan fingerprint density at radius 3 is 1.94 bits per heavy atom. The molecule has 0 aromatic carbocycles. The van der Waals surface area contributed by atoms with E-state index >= 15 is 0 Å². The zero-order valence-electron chi connectivity index (χ0n) is 10.7. The van der Waals surface area contributed by atoms with Crippen molar-refractivity contribution in [3.63, 3.8) is 0 Å². The predicted molar refractivity (Wildman–Crippen MR) is 68.0 cm³/mol. The van der Waals surface area contributed by atoms with E-state index in [1.165, 1.54) is 44.9 Å². The van der Waals surface area contributed by atoms with Gasteiger partial charge in [0.15, 0.2) is 0 Å². The lowest BCUT2D eigenvalue weighted by Crippen LogP contribution is -2.41. The Hall–Kier alpha value is -0.730. The third kappa shape index (κ3) is 4.57. The van der Waals surface area contributed by atoms with Gasteiger partial charge in [0.1, 0.15) is 6.10 Å². The van der Waals surface area contributed by atoms with Crippen LogP contribution in [-0.2, 0) is 4.74 Å². The van der Waals surface area contributed by atoms with Crippen LogP contribution in [0.3, 0.4) is 0 Å². The fourth-order valence-corrected chi connectivity index (χ4v) is 2.62. The van der Waals surface area contributed by atoms with E-state index in [-0.39, 0.29) is 12.2 Å². The first-order valence-electron chi connectivity index (χ1n) is 7.32. The number of carbonyl (C=O) groups is 1. The van der Waals surface area contributed by atoms with Crippen molar-refractivity contribution in [2.45, 2.75) is 82.8 Å². The Morgan fingerprint density at radius 1 is 0.824 bits per heavy atom. The van der Waals surface area contributed by atoms with Crippen molar-refractivity contribution in [2.75, 3.05) is 0 Å². The second-order valence-corrected chi connectivity index (χ2v) is 5.50. The zero-order valence-corrected chi connectivity index (χ0v) is 10.7. The van der Waals surface area contributed by atoms with Crippen molar-refractivity contribution in [2.24, 2.45) is 0 Å². The summed E-state index contributed by atoms with van der Waals surface area (Å²) in [6.45, 7) is 0. The number of ether oxygens (including phenoxy) is 1. The molecule has 1 amide bonds. The van der Waals surface area contributed by atoms with Crippen LogP contribution in [-0.4, -0.2) is 18.2 Å². The van der Waals surface area contributed by atoms with Gasteiger partial charge in [-0.05, 0) is 44.9 Å². The lowest BCUT2D eigenvalue weighted by atomic mass is 9.93. The van der Waals surface area contributed by atoms with E-state index < -0.39 is 0 Å². The Balaban J connectivity index is 1.68. The maximum absolute atomic E-state index is 11.7. The van der Waals surface area contributed by atoms with Crippen LogP contribution in [0.1, 0.15) is 70.6 Å². The monoisotopic (exact) mass is 239 g/mol. The summed E-state index contributed by atoms with van der Waals surface area (Å²) in [7, 11) is 0. The summed E-state index contributed by atoms with van der Waals surface area (Å²) in [6, 6.07) is 0.388. The summed E-state index contributed by atoms with van der Waals surface area (Å²) in [5.74, 6) is 0. The second kappa shape index (κ2) is 6.87. The molecule has 3 nitrogen and oxygen atoms in total. The fraction of sp³-hybridized carbons (Fsp3) is 0.929. The topological polar surface area (TPSA) is 38.3 Å². The van der Waals surface area contributed by atoms with E-state index in [9.17, 15) is 4.79 Å². The highest BCUT2D eigenvalue weighted by molar-refractivity contribution is 5.67. The molecular formula is C14H25NO2. The fourth-order valence-electron chi connectivity index (χ4n) is 2.62. The molecular weight excluding hydrogens is 214 g/mol. The van der Waals surface area contributed by atoms with Crippen molar-refractivity contribution in [1.29, 1.82) is 0 Å². The largest absolute Gasteiger partial charge is 0.446 e.